The van der Waals surface area contributed by atoms with E-state index in [1.54, 1.807) is 0 Å². The lowest BCUT2D eigenvalue weighted by molar-refractivity contribution is 0.271. The topological polar surface area (TPSA) is 70.1 Å². The van der Waals surface area contributed by atoms with Crippen molar-refractivity contribution in [3.8, 4) is 0 Å². The first-order valence-electron chi connectivity index (χ1n) is 5.84. The predicted molar refractivity (Wildman–Crippen MR) is 73.3 cm³/mol. The van der Waals surface area contributed by atoms with Crippen LogP contribution in [-0.4, -0.2) is 34.3 Å². The zero-order chi connectivity index (χ0) is 12.7. The highest BCUT2D eigenvalue weighted by atomic mass is 79.9. The van der Waals surface area contributed by atoms with Gasteiger partial charge in [-0.1, -0.05) is 13.8 Å². The summed E-state index contributed by atoms with van der Waals surface area (Å²) in [4.78, 5) is 8.33. The molecule has 0 spiro atoms. The van der Waals surface area contributed by atoms with Crippen LogP contribution in [0.2, 0.25) is 0 Å². The van der Waals surface area contributed by atoms with Crippen molar-refractivity contribution in [2.24, 2.45) is 0 Å². The molecule has 0 amide bonds. The largest absolute Gasteiger partial charge is 0.394 e. The molecule has 1 aromatic heterocycles. The molecule has 1 atom stereocenters. The standard InChI is InChI=1S/C11H19BrN4O/c1-3-5-13-10-9(12)11(15-7-14-10)16-8(4-2)6-17/h7-8,17H,3-6H2,1-2H3,(H2,13,14,15,16). The molecule has 0 aliphatic heterocycles. The van der Waals surface area contributed by atoms with Crippen molar-refractivity contribution in [1.82, 2.24) is 9.97 Å². The second-order valence-corrected chi connectivity index (χ2v) is 4.54. The van der Waals surface area contributed by atoms with E-state index in [0.29, 0.717) is 5.82 Å². The molecule has 0 radical (unpaired) electrons. The molecule has 17 heavy (non-hydrogen) atoms. The van der Waals surface area contributed by atoms with Crippen LogP contribution in [-0.2, 0) is 0 Å². The van der Waals surface area contributed by atoms with Crippen LogP contribution in [0.15, 0.2) is 10.8 Å². The monoisotopic (exact) mass is 302 g/mol. The maximum Gasteiger partial charge on any atom is 0.146 e. The Bertz CT molecular complexity index is 344. The summed E-state index contributed by atoms with van der Waals surface area (Å²) in [5, 5.41) is 15.5. The van der Waals surface area contributed by atoms with E-state index in [4.69, 9.17) is 5.11 Å². The highest BCUT2D eigenvalue weighted by Crippen LogP contribution is 2.27. The Morgan fingerprint density at radius 2 is 2.06 bits per heavy atom. The van der Waals surface area contributed by atoms with Crippen molar-refractivity contribution in [1.29, 1.82) is 0 Å². The number of hydrogen-bond donors (Lipinski definition) is 3. The Morgan fingerprint density at radius 1 is 1.35 bits per heavy atom. The number of rotatable bonds is 7. The van der Waals surface area contributed by atoms with Crippen LogP contribution in [0.1, 0.15) is 26.7 Å². The molecular weight excluding hydrogens is 284 g/mol. The van der Waals surface area contributed by atoms with Gasteiger partial charge in [-0.2, -0.15) is 0 Å². The zero-order valence-electron chi connectivity index (χ0n) is 10.2. The van der Waals surface area contributed by atoms with Gasteiger partial charge in [0, 0.05) is 6.54 Å². The van der Waals surface area contributed by atoms with Crippen molar-refractivity contribution in [3.05, 3.63) is 10.8 Å². The van der Waals surface area contributed by atoms with E-state index in [1.165, 1.54) is 6.33 Å². The third kappa shape index (κ3) is 4.12. The minimum atomic E-state index is 0.0141. The number of hydrogen-bond acceptors (Lipinski definition) is 5. The molecule has 96 valence electrons. The lowest BCUT2D eigenvalue weighted by atomic mass is 10.2. The molecule has 1 heterocycles. The fourth-order valence-corrected chi connectivity index (χ4v) is 1.77. The predicted octanol–water partition coefficient (Wildman–Crippen LogP) is 2.24. The molecular formula is C11H19BrN4O. The molecule has 3 N–H and O–H groups in total. The van der Waals surface area contributed by atoms with Crippen molar-refractivity contribution in [3.63, 3.8) is 0 Å². The lowest BCUT2D eigenvalue weighted by Gasteiger charge is -2.16. The van der Waals surface area contributed by atoms with Gasteiger partial charge in [0.1, 0.15) is 22.4 Å². The van der Waals surface area contributed by atoms with Crippen LogP contribution in [0.3, 0.4) is 0 Å². The van der Waals surface area contributed by atoms with E-state index in [0.717, 1.165) is 29.7 Å². The number of aliphatic hydroxyl groups excluding tert-OH is 1. The van der Waals surface area contributed by atoms with Crippen LogP contribution in [0.4, 0.5) is 11.6 Å². The molecule has 1 unspecified atom stereocenters. The summed E-state index contributed by atoms with van der Waals surface area (Å²) < 4.78 is 0.806. The van der Waals surface area contributed by atoms with E-state index in [-0.39, 0.29) is 12.6 Å². The third-order valence-electron chi connectivity index (χ3n) is 2.39. The van der Waals surface area contributed by atoms with Crippen molar-refractivity contribution >= 4 is 27.6 Å². The normalized spacial score (nSPS) is 12.2. The van der Waals surface area contributed by atoms with Gasteiger partial charge in [0.15, 0.2) is 0 Å². The molecule has 6 heteroatoms. The number of anilines is 2. The number of aliphatic hydroxyl groups is 1. The second kappa shape index (κ2) is 7.45. The van der Waals surface area contributed by atoms with Gasteiger partial charge < -0.3 is 15.7 Å². The highest BCUT2D eigenvalue weighted by molar-refractivity contribution is 9.10. The van der Waals surface area contributed by atoms with Gasteiger partial charge in [0.25, 0.3) is 0 Å². The van der Waals surface area contributed by atoms with E-state index in [1.807, 2.05) is 6.92 Å². The van der Waals surface area contributed by atoms with E-state index in [2.05, 4.69) is 43.5 Å². The van der Waals surface area contributed by atoms with Gasteiger partial charge in [-0.3, -0.25) is 0 Å². The highest BCUT2D eigenvalue weighted by Gasteiger charge is 2.11. The first-order chi connectivity index (χ1) is 8.22. The Hall–Kier alpha value is -0.880. The quantitative estimate of drug-likeness (QED) is 0.721. The molecule has 0 saturated carbocycles. The van der Waals surface area contributed by atoms with Crippen molar-refractivity contribution < 1.29 is 5.11 Å². The lowest BCUT2D eigenvalue weighted by Crippen LogP contribution is -2.23. The zero-order valence-corrected chi connectivity index (χ0v) is 11.8. The third-order valence-corrected chi connectivity index (χ3v) is 3.14. The van der Waals surface area contributed by atoms with Gasteiger partial charge in [0.2, 0.25) is 0 Å². The molecule has 0 saturated heterocycles. The molecule has 1 rings (SSSR count). The van der Waals surface area contributed by atoms with Crippen LogP contribution in [0.5, 0.6) is 0 Å². The Kier molecular flexibility index (Phi) is 6.21. The molecule has 1 aromatic rings. The van der Waals surface area contributed by atoms with E-state index >= 15 is 0 Å². The summed E-state index contributed by atoms with van der Waals surface area (Å²) in [5.74, 6) is 1.48. The smallest absolute Gasteiger partial charge is 0.146 e. The second-order valence-electron chi connectivity index (χ2n) is 3.74. The molecule has 0 aliphatic rings. The van der Waals surface area contributed by atoms with E-state index < -0.39 is 0 Å². The van der Waals surface area contributed by atoms with Gasteiger partial charge in [0.05, 0.1) is 12.6 Å². The SMILES string of the molecule is CCCNc1ncnc(NC(CC)CO)c1Br. The summed E-state index contributed by atoms with van der Waals surface area (Å²) in [7, 11) is 0. The summed E-state index contributed by atoms with van der Waals surface area (Å²) in [6.07, 6.45) is 3.38. The maximum absolute atomic E-state index is 9.15. The molecule has 5 nitrogen and oxygen atoms in total. The average molecular weight is 303 g/mol. The van der Waals surface area contributed by atoms with E-state index in [9.17, 15) is 0 Å². The van der Waals surface area contributed by atoms with Crippen LogP contribution >= 0.6 is 15.9 Å². The van der Waals surface area contributed by atoms with Gasteiger partial charge in [-0.25, -0.2) is 9.97 Å². The summed E-state index contributed by atoms with van der Waals surface area (Å²) in [6.45, 7) is 5.07. The number of halogens is 1. The molecule has 0 aliphatic carbocycles. The van der Waals surface area contributed by atoms with Crippen molar-refractivity contribution in [2.45, 2.75) is 32.7 Å². The number of aromatic nitrogens is 2. The molecule has 0 aromatic carbocycles. The number of nitrogens with one attached hydrogen (secondary N) is 2. The molecule has 0 bridgehead atoms. The minimum absolute atomic E-state index is 0.0141. The first kappa shape index (κ1) is 14.2. The van der Waals surface area contributed by atoms with Crippen molar-refractivity contribution in [2.75, 3.05) is 23.8 Å². The Balaban J connectivity index is 2.78. The Labute approximate surface area is 110 Å². The Morgan fingerprint density at radius 3 is 2.65 bits per heavy atom. The van der Waals surface area contributed by atoms with Crippen LogP contribution in [0, 0.1) is 0 Å². The van der Waals surface area contributed by atoms with Gasteiger partial charge in [-0.15, -0.1) is 0 Å². The molecule has 0 fully saturated rings. The number of nitrogens with zero attached hydrogens (tertiary/aromatic N) is 2. The van der Waals surface area contributed by atoms with Crippen LogP contribution in [0.25, 0.3) is 0 Å². The summed E-state index contributed by atoms with van der Waals surface area (Å²) in [6, 6.07) is 0.0141. The maximum atomic E-state index is 9.15. The van der Waals surface area contributed by atoms with Gasteiger partial charge in [-0.05, 0) is 28.8 Å². The van der Waals surface area contributed by atoms with Crippen LogP contribution < -0.4 is 10.6 Å². The fourth-order valence-electron chi connectivity index (χ4n) is 1.31. The summed E-state index contributed by atoms with van der Waals surface area (Å²) in [5.41, 5.74) is 0. The summed E-state index contributed by atoms with van der Waals surface area (Å²) >= 11 is 3.47. The first-order valence-corrected chi connectivity index (χ1v) is 6.63. The average Bonchev–Trinajstić information content (AvgIpc) is 2.36. The minimum Gasteiger partial charge on any atom is -0.394 e. The fraction of sp³-hybridized carbons (Fsp3) is 0.636. The van der Waals surface area contributed by atoms with Gasteiger partial charge >= 0.3 is 0 Å².